The largest absolute Gasteiger partial charge is 0.483 e. The standard InChI is InChI=1S/CH2O2.ClH.H3NO/c2-1-3;;1-2/h1H,(H,2,3);1H;2H,1H2. The van der Waals surface area contributed by atoms with Crippen LogP contribution in [0.2, 0.25) is 0 Å². The summed E-state index contributed by atoms with van der Waals surface area (Å²) >= 11 is 0. The number of rotatable bonds is 0. The van der Waals surface area contributed by atoms with E-state index in [2.05, 4.69) is 5.90 Å². The van der Waals surface area contributed by atoms with Gasteiger partial charge in [0.25, 0.3) is 6.47 Å². The molecule has 0 fully saturated rings. The minimum atomic E-state index is -0.250. The number of halogens is 1. The molecule has 0 unspecified atom stereocenters. The van der Waals surface area contributed by atoms with E-state index in [1.165, 1.54) is 0 Å². The summed E-state index contributed by atoms with van der Waals surface area (Å²) in [5, 5.41) is 13.4. The van der Waals surface area contributed by atoms with Gasteiger partial charge in [-0.3, -0.25) is 4.79 Å². The van der Waals surface area contributed by atoms with Crippen molar-refractivity contribution in [3.05, 3.63) is 0 Å². The van der Waals surface area contributed by atoms with E-state index in [0.717, 1.165) is 0 Å². The Morgan fingerprint density at radius 3 is 1.50 bits per heavy atom. The van der Waals surface area contributed by atoms with Gasteiger partial charge in [-0.05, 0) is 0 Å². The molecule has 0 bridgehead atoms. The minimum Gasteiger partial charge on any atom is -0.483 e. The van der Waals surface area contributed by atoms with Crippen molar-refractivity contribution in [1.82, 2.24) is 0 Å². The smallest absolute Gasteiger partial charge is 0.290 e. The summed E-state index contributed by atoms with van der Waals surface area (Å²) in [5.74, 6) is 3.50. The van der Waals surface area contributed by atoms with Crippen molar-refractivity contribution >= 4 is 18.9 Å². The Bertz CT molecular complexity index is 18.3. The number of carboxylic acid groups (broad SMARTS) is 1. The van der Waals surface area contributed by atoms with Crippen LogP contribution in [-0.2, 0) is 4.79 Å². The Morgan fingerprint density at radius 1 is 1.50 bits per heavy atom. The zero-order valence-electron chi connectivity index (χ0n) is 2.87. The first-order valence-electron chi connectivity index (χ1n) is 0.752. The fraction of sp³-hybridized carbons (Fsp3) is 0. The van der Waals surface area contributed by atoms with E-state index in [-0.39, 0.29) is 18.9 Å². The van der Waals surface area contributed by atoms with Crippen LogP contribution in [-0.4, -0.2) is 16.8 Å². The van der Waals surface area contributed by atoms with Crippen molar-refractivity contribution < 1.29 is 15.1 Å². The fourth-order valence-electron chi connectivity index (χ4n) is 0. The Kier molecular flexibility index (Phi) is 396. The normalized spacial score (nSPS) is 3.00. The molecule has 0 rings (SSSR count). The van der Waals surface area contributed by atoms with E-state index < -0.39 is 0 Å². The quantitative estimate of drug-likeness (QED) is 0.292. The van der Waals surface area contributed by atoms with E-state index in [9.17, 15) is 0 Å². The van der Waals surface area contributed by atoms with Crippen LogP contribution in [0.25, 0.3) is 0 Å². The predicted octanol–water partition coefficient (Wildman–Crippen LogP) is -0.543. The van der Waals surface area contributed by atoms with Crippen LogP contribution in [0, 0.1) is 0 Å². The van der Waals surface area contributed by atoms with Crippen LogP contribution in [0.3, 0.4) is 0 Å². The van der Waals surface area contributed by atoms with Crippen molar-refractivity contribution in [2.45, 2.75) is 0 Å². The second kappa shape index (κ2) is 137. The van der Waals surface area contributed by atoms with E-state index in [4.69, 9.17) is 15.1 Å². The van der Waals surface area contributed by atoms with Crippen LogP contribution >= 0.6 is 12.4 Å². The van der Waals surface area contributed by atoms with Crippen molar-refractivity contribution in [2.75, 3.05) is 0 Å². The average molecular weight is 116 g/mol. The lowest BCUT2D eigenvalue weighted by molar-refractivity contribution is -0.122. The molecule has 0 aromatic rings. The van der Waals surface area contributed by atoms with Gasteiger partial charge in [0.05, 0.1) is 0 Å². The molecule has 0 aliphatic carbocycles. The summed E-state index contributed by atoms with van der Waals surface area (Å²) in [4.78, 5) is 8.36. The molecule has 0 radical (unpaired) electrons. The molecule has 40 valence electrons. The van der Waals surface area contributed by atoms with Gasteiger partial charge in [-0.1, -0.05) is 0 Å². The zero-order chi connectivity index (χ0) is 4.71. The van der Waals surface area contributed by atoms with Crippen molar-refractivity contribution in [2.24, 2.45) is 5.90 Å². The molecule has 4 N–H and O–H groups in total. The van der Waals surface area contributed by atoms with Gasteiger partial charge in [-0.15, -0.1) is 12.4 Å². The zero-order valence-corrected chi connectivity index (χ0v) is 3.68. The van der Waals surface area contributed by atoms with Gasteiger partial charge in [-0.2, -0.15) is 0 Å². The van der Waals surface area contributed by atoms with Gasteiger partial charge in [0.15, 0.2) is 0 Å². The topological polar surface area (TPSA) is 83.5 Å². The van der Waals surface area contributed by atoms with Crippen LogP contribution in [0.4, 0.5) is 0 Å². The molecular formula is CH6ClNO3. The summed E-state index contributed by atoms with van der Waals surface area (Å²) in [6, 6.07) is 0. The maximum atomic E-state index is 8.36. The number of nitrogens with two attached hydrogens (primary N) is 1. The van der Waals surface area contributed by atoms with Gasteiger partial charge in [0.1, 0.15) is 0 Å². The minimum absolute atomic E-state index is 0. The highest BCUT2D eigenvalue weighted by molar-refractivity contribution is 5.85. The second-order valence-electron chi connectivity index (χ2n) is 0.105. The molecule has 4 nitrogen and oxygen atoms in total. The molecule has 0 aromatic carbocycles. The molecule has 0 amide bonds. The first-order valence-corrected chi connectivity index (χ1v) is 0.752. The first-order chi connectivity index (χ1) is 2.41. The Hall–Kier alpha value is -0.320. The maximum absolute atomic E-state index is 8.36. The molecule has 0 aromatic heterocycles. The van der Waals surface area contributed by atoms with Gasteiger partial charge >= 0.3 is 0 Å². The highest BCUT2D eigenvalue weighted by Gasteiger charge is 1.22. The number of hydrogen-bond acceptors (Lipinski definition) is 3. The van der Waals surface area contributed by atoms with Crippen molar-refractivity contribution in [1.29, 1.82) is 0 Å². The van der Waals surface area contributed by atoms with E-state index in [1.807, 2.05) is 0 Å². The first kappa shape index (κ1) is 17.3. The number of hydrogen-bond donors (Lipinski definition) is 3. The summed E-state index contributed by atoms with van der Waals surface area (Å²) in [5.41, 5.74) is 0. The molecule has 0 heterocycles. The molecule has 0 saturated carbocycles. The predicted molar refractivity (Wildman–Crippen MR) is 21.9 cm³/mol. The van der Waals surface area contributed by atoms with Gasteiger partial charge in [0.2, 0.25) is 0 Å². The third-order valence-corrected chi connectivity index (χ3v) is 0. The molecule has 6 heavy (non-hydrogen) atoms. The van der Waals surface area contributed by atoms with Gasteiger partial charge in [0, 0.05) is 0 Å². The molecule has 0 aliphatic heterocycles. The van der Waals surface area contributed by atoms with E-state index >= 15 is 0 Å². The fourth-order valence-corrected chi connectivity index (χ4v) is 0. The molecule has 0 saturated heterocycles. The van der Waals surface area contributed by atoms with Crippen molar-refractivity contribution in [3.63, 3.8) is 0 Å². The lowest BCUT2D eigenvalue weighted by atomic mass is 11.7. The molecule has 0 atom stereocenters. The third-order valence-electron chi connectivity index (χ3n) is 0. The van der Waals surface area contributed by atoms with E-state index in [1.54, 1.807) is 0 Å². The summed E-state index contributed by atoms with van der Waals surface area (Å²) in [6.07, 6.45) is 0. The van der Waals surface area contributed by atoms with Crippen LogP contribution in [0.15, 0.2) is 0 Å². The molecule has 0 aliphatic rings. The Labute approximate surface area is 40.9 Å². The summed E-state index contributed by atoms with van der Waals surface area (Å²) < 4.78 is 0. The Morgan fingerprint density at radius 2 is 1.50 bits per heavy atom. The van der Waals surface area contributed by atoms with Crippen LogP contribution in [0.5, 0.6) is 0 Å². The lowest BCUT2D eigenvalue weighted by Gasteiger charge is -1.34. The number of carbonyl (C=O) groups is 1. The average Bonchev–Trinajstić information content (AvgIpc) is 1.46. The molecular weight excluding hydrogens is 109 g/mol. The van der Waals surface area contributed by atoms with Gasteiger partial charge in [-0.25, -0.2) is 5.90 Å². The van der Waals surface area contributed by atoms with Crippen molar-refractivity contribution in [3.8, 4) is 0 Å². The molecule has 0 spiro atoms. The Balaban J connectivity index is -0.0000000275. The molecule has 5 heteroatoms. The van der Waals surface area contributed by atoms with Crippen LogP contribution < -0.4 is 5.90 Å². The lowest BCUT2D eigenvalue weighted by Crippen LogP contribution is -1.72. The third kappa shape index (κ3) is 258. The monoisotopic (exact) mass is 115 g/mol. The van der Waals surface area contributed by atoms with E-state index in [0.29, 0.717) is 0 Å². The highest BCUT2D eigenvalue weighted by Crippen LogP contribution is 0.966. The SMILES string of the molecule is Cl.NO.O=CO. The summed E-state index contributed by atoms with van der Waals surface area (Å²) in [6.45, 7) is -0.250. The van der Waals surface area contributed by atoms with Gasteiger partial charge < -0.3 is 10.3 Å². The van der Waals surface area contributed by atoms with Crippen LogP contribution in [0.1, 0.15) is 0 Å². The highest BCUT2D eigenvalue weighted by atomic mass is 35.5. The maximum Gasteiger partial charge on any atom is 0.290 e. The second-order valence-corrected chi connectivity index (χ2v) is 0.105. The summed E-state index contributed by atoms with van der Waals surface area (Å²) in [7, 11) is 0.